The quantitative estimate of drug-likeness (QED) is 0.606. The van der Waals surface area contributed by atoms with E-state index in [1.807, 2.05) is 0 Å². The van der Waals surface area contributed by atoms with E-state index in [2.05, 4.69) is 37.9 Å². The fourth-order valence-corrected chi connectivity index (χ4v) is 1.73. The van der Waals surface area contributed by atoms with Crippen LogP contribution >= 0.6 is 0 Å². The van der Waals surface area contributed by atoms with Gasteiger partial charge in [-0.3, -0.25) is 4.79 Å². The summed E-state index contributed by atoms with van der Waals surface area (Å²) in [6.07, 6.45) is 2.18. The summed E-state index contributed by atoms with van der Waals surface area (Å²) < 4.78 is 0. The Morgan fingerprint density at radius 1 is 1.29 bits per heavy atom. The number of nitrogens with zero attached hydrogens (tertiary/aromatic N) is 1. The molecule has 0 heterocycles. The van der Waals surface area contributed by atoms with Gasteiger partial charge in [0.1, 0.15) is 0 Å². The third-order valence-corrected chi connectivity index (χ3v) is 3.14. The van der Waals surface area contributed by atoms with E-state index in [0.29, 0.717) is 5.92 Å². The Labute approximate surface area is 106 Å². The van der Waals surface area contributed by atoms with Crippen molar-refractivity contribution in [3.8, 4) is 0 Å². The molecule has 0 saturated heterocycles. The van der Waals surface area contributed by atoms with Crippen LogP contribution in [0.4, 0.5) is 0 Å². The molecule has 4 heteroatoms. The second-order valence-electron chi connectivity index (χ2n) is 4.77. The highest BCUT2D eigenvalue weighted by atomic mass is 16.1. The Morgan fingerprint density at radius 3 is 2.35 bits per heavy atom. The molecule has 0 spiro atoms. The fourth-order valence-electron chi connectivity index (χ4n) is 1.73. The Kier molecular flexibility index (Phi) is 9.09. The van der Waals surface area contributed by atoms with Crippen LogP contribution < -0.4 is 11.1 Å². The number of primary amides is 1. The molecule has 0 aromatic rings. The van der Waals surface area contributed by atoms with E-state index in [9.17, 15) is 4.79 Å². The van der Waals surface area contributed by atoms with Crippen LogP contribution in [0.5, 0.6) is 0 Å². The van der Waals surface area contributed by atoms with Gasteiger partial charge in [0, 0.05) is 13.1 Å². The SMILES string of the molecule is CCCNC(CN(CC)CC(C)CC)C(N)=O. The van der Waals surface area contributed by atoms with Crippen molar-refractivity contribution in [2.45, 2.75) is 46.6 Å². The van der Waals surface area contributed by atoms with E-state index in [1.54, 1.807) is 0 Å². The van der Waals surface area contributed by atoms with Crippen LogP contribution in [0.25, 0.3) is 0 Å². The summed E-state index contributed by atoms with van der Waals surface area (Å²) in [7, 11) is 0. The average molecular weight is 243 g/mol. The topological polar surface area (TPSA) is 58.4 Å². The number of nitrogens with two attached hydrogens (primary N) is 1. The van der Waals surface area contributed by atoms with Gasteiger partial charge < -0.3 is 16.0 Å². The van der Waals surface area contributed by atoms with Gasteiger partial charge in [-0.25, -0.2) is 0 Å². The molecule has 1 amide bonds. The van der Waals surface area contributed by atoms with E-state index < -0.39 is 0 Å². The largest absolute Gasteiger partial charge is 0.368 e. The van der Waals surface area contributed by atoms with E-state index >= 15 is 0 Å². The zero-order valence-corrected chi connectivity index (χ0v) is 11.8. The normalized spacial score (nSPS) is 14.9. The maximum absolute atomic E-state index is 11.3. The van der Waals surface area contributed by atoms with Gasteiger partial charge in [-0.1, -0.05) is 34.1 Å². The van der Waals surface area contributed by atoms with Gasteiger partial charge in [0.05, 0.1) is 6.04 Å². The summed E-state index contributed by atoms with van der Waals surface area (Å²) in [4.78, 5) is 13.6. The summed E-state index contributed by atoms with van der Waals surface area (Å²) in [6, 6.07) is -0.223. The van der Waals surface area contributed by atoms with Crippen LogP contribution in [0, 0.1) is 5.92 Å². The van der Waals surface area contributed by atoms with Crippen molar-refractivity contribution in [3.05, 3.63) is 0 Å². The highest BCUT2D eigenvalue weighted by molar-refractivity contribution is 5.80. The maximum atomic E-state index is 11.3. The van der Waals surface area contributed by atoms with Crippen molar-refractivity contribution in [3.63, 3.8) is 0 Å². The first kappa shape index (κ1) is 16.4. The number of rotatable bonds is 10. The molecule has 0 rings (SSSR count). The van der Waals surface area contributed by atoms with Crippen LogP contribution in [-0.4, -0.2) is 43.0 Å². The Hall–Kier alpha value is -0.610. The molecule has 17 heavy (non-hydrogen) atoms. The van der Waals surface area contributed by atoms with Crippen molar-refractivity contribution in [1.29, 1.82) is 0 Å². The lowest BCUT2D eigenvalue weighted by Crippen LogP contribution is -2.50. The zero-order valence-electron chi connectivity index (χ0n) is 11.8. The number of carbonyl (C=O) groups excluding carboxylic acids is 1. The molecule has 0 aromatic carbocycles. The van der Waals surface area contributed by atoms with Crippen molar-refractivity contribution >= 4 is 5.91 Å². The molecule has 0 saturated carbocycles. The molecular weight excluding hydrogens is 214 g/mol. The minimum atomic E-state index is -0.249. The standard InChI is InChI=1S/C13H29N3O/c1-5-8-15-12(13(14)17)10-16(7-3)9-11(4)6-2/h11-12,15H,5-10H2,1-4H3,(H2,14,17). The summed E-state index contributed by atoms with van der Waals surface area (Å²) in [5.41, 5.74) is 5.42. The van der Waals surface area contributed by atoms with Crippen LogP contribution in [0.15, 0.2) is 0 Å². The predicted octanol–water partition coefficient (Wildman–Crippen LogP) is 1.21. The van der Waals surface area contributed by atoms with Crippen molar-refractivity contribution < 1.29 is 4.79 Å². The fraction of sp³-hybridized carbons (Fsp3) is 0.923. The molecule has 3 N–H and O–H groups in total. The number of hydrogen-bond donors (Lipinski definition) is 2. The van der Waals surface area contributed by atoms with Gasteiger partial charge in [-0.2, -0.15) is 0 Å². The lowest BCUT2D eigenvalue weighted by molar-refractivity contribution is -0.120. The Morgan fingerprint density at radius 2 is 1.94 bits per heavy atom. The maximum Gasteiger partial charge on any atom is 0.235 e. The minimum Gasteiger partial charge on any atom is -0.368 e. The lowest BCUT2D eigenvalue weighted by Gasteiger charge is -2.27. The average Bonchev–Trinajstić information content (AvgIpc) is 2.32. The van der Waals surface area contributed by atoms with Gasteiger partial charge in [0.25, 0.3) is 0 Å². The molecule has 0 fully saturated rings. The minimum absolute atomic E-state index is 0.223. The lowest BCUT2D eigenvalue weighted by atomic mass is 10.1. The van der Waals surface area contributed by atoms with Crippen LogP contribution in [0.3, 0.4) is 0 Å². The van der Waals surface area contributed by atoms with Crippen LogP contribution in [-0.2, 0) is 4.79 Å². The van der Waals surface area contributed by atoms with E-state index in [-0.39, 0.29) is 11.9 Å². The molecule has 102 valence electrons. The highest BCUT2D eigenvalue weighted by Crippen LogP contribution is 2.04. The van der Waals surface area contributed by atoms with Gasteiger partial charge in [0.15, 0.2) is 0 Å². The summed E-state index contributed by atoms with van der Waals surface area (Å²) in [6.45, 7) is 12.2. The molecule has 0 aliphatic rings. The molecule has 0 aliphatic heterocycles. The van der Waals surface area contributed by atoms with Crippen molar-refractivity contribution in [2.75, 3.05) is 26.2 Å². The second kappa shape index (κ2) is 9.42. The first-order valence-electron chi connectivity index (χ1n) is 6.80. The summed E-state index contributed by atoms with van der Waals surface area (Å²) in [5, 5.41) is 3.21. The smallest absolute Gasteiger partial charge is 0.235 e. The van der Waals surface area contributed by atoms with Crippen molar-refractivity contribution in [2.24, 2.45) is 11.7 Å². The summed E-state index contributed by atoms with van der Waals surface area (Å²) >= 11 is 0. The zero-order chi connectivity index (χ0) is 13.3. The number of likely N-dealkylation sites (N-methyl/N-ethyl adjacent to an activating group) is 1. The van der Waals surface area contributed by atoms with Crippen molar-refractivity contribution in [1.82, 2.24) is 10.2 Å². The van der Waals surface area contributed by atoms with Gasteiger partial charge in [-0.15, -0.1) is 0 Å². The highest BCUT2D eigenvalue weighted by Gasteiger charge is 2.18. The predicted molar refractivity (Wildman–Crippen MR) is 72.8 cm³/mol. The number of nitrogens with one attached hydrogen (secondary N) is 1. The van der Waals surface area contributed by atoms with Crippen LogP contribution in [0.1, 0.15) is 40.5 Å². The van der Waals surface area contributed by atoms with Gasteiger partial charge in [0.2, 0.25) is 5.91 Å². The molecule has 0 radical (unpaired) electrons. The summed E-state index contributed by atoms with van der Waals surface area (Å²) in [5.74, 6) is 0.413. The molecule has 0 aliphatic carbocycles. The van der Waals surface area contributed by atoms with Gasteiger partial charge in [-0.05, 0) is 25.4 Å². The molecule has 0 bridgehead atoms. The monoisotopic (exact) mass is 243 g/mol. The van der Waals surface area contributed by atoms with E-state index in [1.165, 1.54) is 6.42 Å². The number of carbonyl (C=O) groups is 1. The Bertz CT molecular complexity index is 209. The molecule has 4 nitrogen and oxygen atoms in total. The third-order valence-electron chi connectivity index (χ3n) is 3.14. The van der Waals surface area contributed by atoms with E-state index in [0.717, 1.165) is 32.6 Å². The van der Waals surface area contributed by atoms with Crippen LogP contribution in [0.2, 0.25) is 0 Å². The van der Waals surface area contributed by atoms with E-state index in [4.69, 9.17) is 5.73 Å². The number of amides is 1. The molecule has 2 atom stereocenters. The molecular formula is C13H29N3O. The number of hydrogen-bond acceptors (Lipinski definition) is 3. The second-order valence-corrected chi connectivity index (χ2v) is 4.77. The van der Waals surface area contributed by atoms with Gasteiger partial charge >= 0.3 is 0 Å². The first-order valence-corrected chi connectivity index (χ1v) is 6.80. The Balaban J connectivity index is 4.22. The third kappa shape index (κ3) is 7.34. The molecule has 0 aromatic heterocycles. The first-order chi connectivity index (χ1) is 8.04. The molecule has 2 unspecified atom stereocenters.